The minimum atomic E-state index is -0.198. The van der Waals surface area contributed by atoms with Crippen LogP contribution < -0.4 is 5.32 Å². The van der Waals surface area contributed by atoms with Gasteiger partial charge in [-0.1, -0.05) is 19.0 Å². The quantitative estimate of drug-likeness (QED) is 0.867. The highest BCUT2D eigenvalue weighted by Gasteiger charge is 2.18. The van der Waals surface area contributed by atoms with E-state index in [9.17, 15) is 4.79 Å². The lowest BCUT2D eigenvalue weighted by molar-refractivity contribution is 0.0850. The van der Waals surface area contributed by atoms with Gasteiger partial charge in [0, 0.05) is 25.1 Å². The van der Waals surface area contributed by atoms with Gasteiger partial charge in [0.1, 0.15) is 5.76 Å². The molecule has 1 atom stereocenters. The van der Waals surface area contributed by atoms with Gasteiger partial charge >= 0.3 is 0 Å². The van der Waals surface area contributed by atoms with E-state index in [1.807, 2.05) is 13.8 Å². The van der Waals surface area contributed by atoms with Crippen molar-refractivity contribution >= 4 is 5.91 Å². The first-order valence-corrected chi connectivity index (χ1v) is 6.03. The summed E-state index contributed by atoms with van der Waals surface area (Å²) in [6.45, 7) is 5.33. The first-order chi connectivity index (χ1) is 8.16. The van der Waals surface area contributed by atoms with Crippen LogP contribution in [0, 0.1) is 0 Å². The molecule has 5 heteroatoms. The summed E-state index contributed by atoms with van der Waals surface area (Å²) in [7, 11) is 0. The lowest BCUT2D eigenvalue weighted by Gasteiger charge is -2.09. The minimum absolute atomic E-state index is 0.149. The van der Waals surface area contributed by atoms with E-state index in [2.05, 4.69) is 10.5 Å². The van der Waals surface area contributed by atoms with Gasteiger partial charge in [-0.25, -0.2) is 0 Å². The summed E-state index contributed by atoms with van der Waals surface area (Å²) in [5.41, 5.74) is 0.340. The number of rotatable bonds is 4. The van der Waals surface area contributed by atoms with Crippen LogP contribution in [0.25, 0.3) is 0 Å². The van der Waals surface area contributed by atoms with Gasteiger partial charge in [-0.15, -0.1) is 0 Å². The second-order valence-electron chi connectivity index (χ2n) is 4.61. The maximum Gasteiger partial charge on any atom is 0.273 e. The molecule has 1 saturated heterocycles. The molecule has 0 saturated carbocycles. The monoisotopic (exact) mass is 238 g/mol. The van der Waals surface area contributed by atoms with E-state index in [0.29, 0.717) is 12.2 Å². The molecule has 1 fully saturated rings. The van der Waals surface area contributed by atoms with Gasteiger partial charge < -0.3 is 14.6 Å². The van der Waals surface area contributed by atoms with Crippen molar-refractivity contribution in [3.8, 4) is 0 Å². The fourth-order valence-electron chi connectivity index (χ4n) is 1.77. The van der Waals surface area contributed by atoms with Crippen LogP contribution in [-0.2, 0) is 4.74 Å². The van der Waals surface area contributed by atoms with Crippen LogP contribution in [-0.4, -0.2) is 30.3 Å². The molecule has 1 amide bonds. The predicted octanol–water partition coefficient (Wildman–Crippen LogP) is 1.71. The summed E-state index contributed by atoms with van der Waals surface area (Å²) in [6.07, 6.45) is 2.23. The van der Waals surface area contributed by atoms with E-state index >= 15 is 0 Å². The van der Waals surface area contributed by atoms with Crippen molar-refractivity contribution in [1.82, 2.24) is 10.5 Å². The predicted molar refractivity (Wildman–Crippen MR) is 61.9 cm³/mol. The van der Waals surface area contributed by atoms with E-state index in [0.717, 1.165) is 25.2 Å². The molecule has 5 nitrogen and oxygen atoms in total. The molecule has 2 rings (SSSR count). The molecular formula is C12H18N2O3. The Kier molecular flexibility index (Phi) is 3.78. The number of aromatic nitrogens is 1. The summed E-state index contributed by atoms with van der Waals surface area (Å²) in [5.74, 6) is 0.769. The number of nitrogens with zero attached hydrogens (tertiary/aromatic N) is 1. The van der Waals surface area contributed by atoms with Crippen LogP contribution in [0.4, 0.5) is 0 Å². The van der Waals surface area contributed by atoms with Gasteiger partial charge in [-0.05, 0) is 12.8 Å². The number of ether oxygens (including phenoxy) is 1. The number of hydrogen-bond acceptors (Lipinski definition) is 4. The minimum Gasteiger partial charge on any atom is -0.376 e. The van der Waals surface area contributed by atoms with Crippen molar-refractivity contribution in [3.05, 3.63) is 17.5 Å². The smallest absolute Gasteiger partial charge is 0.273 e. The normalized spacial score (nSPS) is 19.8. The van der Waals surface area contributed by atoms with Gasteiger partial charge in [0.25, 0.3) is 5.91 Å². The molecule has 1 aromatic heterocycles. The molecule has 17 heavy (non-hydrogen) atoms. The Bertz CT molecular complexity index is 381. The van der Waals surface area contributed by atoms with Crippen molar-refractivity contribution in [3.63, 3.8) is 0 Å². The summed E-state index contributed by atoms with van der Waals surface area (Å²) < 4.78 is 10.5. The number of carbonyl (C=O) groups excluding carboxylic acids is 1. The molecule has 0 aliphatic carbocycles. The van der Waals surface area contributed by atoms with Gasteiger partial charge in [-0.2, -0.15) is 0 Å². The van der Waals surface area contributed by atoms with Gasteiger partial charge in [-0.3, -0.25) is 4.79 Å². The van der Waals surface area contributed by atoms with Crippen molar-refractivity contribution < 1.29 is 14.1 Å². The topological polar surface area (TPSA) is 64.4 Å². The van der Waals surface area contributed by atoms with E-state index in [1.165, 1.54) is 0 Å². The Hall–Kier alpha value is -1.36. The van der Waals surface area contributed by atoms with Crippen LogP contribution >= 0.6 is 0 Å². The Morgan fingerprint density at radius 2 is 2.47 bits per heavy atom. The van der Waals surface area contributed by atoms with Crippen molar-refractivity contribution in [1.29, 1.82) is 0 Å². The molecule has 0 bridgehead atoms. The summed E-state index contributed by atoms with van der Waals surface area (Å²) in [4.78, 5) is 11.7. The largest absolute Gasteiger partial charge is 0.376 e. The number of hydrogen-bond donors (Lipinski definition) is 1. The fourth-order valence-corrected chi connectivity index (χ4v) is 1.77. The Balaban J connectivity index is 1.85. The highest BCUT2D eigenvalue weighted by molar-refractivity contribution is 5.92. The summed E-state index contributed by atoms with van der Waals surface area (Å²) in [6, 6.07) is 1.69. The van der Waals surface area contributed by atoms with E-state index in [1.54, 1.807) is 6.07 Å². The van der Waals surface area contributed by atoms with Gasteiger partial charge in [0.15, 0.2) is 5.69 Å². The molecular weight excluding hydrogens is 220 g/mol. The zero-order valence-corrected chi connectivity index (χ0v) is 10.2. The van der Waals surface area contributed by atoms with E-state index < -0.39 is 0 Å². The maximum atomic E-state index is 11.7. The average Bonchev–Trinajstić information content (AvgIpc) is 2.96. The second kappa shape index (κ2) is 5.31. The maximum absolute atomic E-state index is 11.7. The highest BCUT2D eigenvalue weighted by atomic mass is 16.5. The van der Waals surface area contributed by atoms with Crippen molar-refractivity contribution in [2.45, 2.75) is 38.7 Å². The number of nitrogens with one attached hydrogen (secondary N) is 1. The first kappa shape index (κ1) is 12.1. The third kappa shape index (κ3) is 3.06. The molecule has 0 aromatic carbocycles. The van der Waals surface area contributed by atoms with Crippen LogP contribution in [0.15, 0.2) is 10.6 Å². The lowest BCUT2D eigenvalue weighted by atomic mass is 10.1. The molecule has 1 aromatic rings. The molecule has 1 unspecified atom stereocenters. The van der Waals surface area contributed by atoms with Crippen molar-refractivity contribution in [2.75, 3.05) is 13.2 Å². The summed E-state index contributed by atoms with van der Waals surface area (Å²) >= 11 is 0. The summed E-state index contributed by atoms with van der Waals surface area (Å²) in [5, 5.41) is 6.56. The van der Waals surface area contributed by atoms with Crippen LogP contribution in [0.3, 0.4) is 0 Å². The molecule has 94 valence electrons. The van der Waals surface area contributed by atoms with Gasteiger partial charge in [0.2, 0.25) is 0 Å². The number of carbonyl (C=O) groups is 1. The molecule has 0 spiro atoms. The van der Waals surface area contributed by atoms with E-state index in [4.69, 9.17) is 9.26 Å². The zero-order valence-electron chi connectivity index (χ0n) is 10.2. The third-order valence-electron chi connectivity index (χ3n) is 2.84. The van der Waals surface area contributed by atoms with Crippen LogP contribution in [0.2, 0.25) is 0 Å². The first-order valence-electron chi connectivity index (χ1n) is 6.03. The molecule has 1 aliphatic rings. The molecule has 1 aliphatic heterocycles. The Morgan fingerprint density at radius 3 is 3.06 bits per heavy atom. The second-order valence-corrected chi connectivity index (χ2v) is 4.61. The van der Waals surface area contributed by atoms with Crippen LogP contribution in [0.5, 0.6) is 0 Å². The molecule has 1 N–H and O–H groups in total. The van der Waals surface area contributed by atoms with Crippen LogP contribution in [0.1, 0.15) is 48.9 Å². The average molecular weight is 238 g/mol. The lowest BCUT2D eigenvalue weighted by Crippen LogP contribution is -2.31. The molecule has 2 heterocycles. The SMILES string of the molecule is CC(C)c1cc(C(=O)NCC2CCCO2)no1. The van der Waals surface area contributed by atoms with Gasteiger partial charge in [0.05, 0.1) is 6.10 Å². The Labute approximate surface area is 101 Å². The standard InChI is InChI=1S/C12H18N2O3/c1-8(2)11-6-10(14-17-11)12(15)13-7-9-4-3-5-16-9/h6,8-9H,3-5,7H2,1-2H3,(H,13,15). The molecule has 0 radical (unpaired) electrons. The third-order valence-corrected chi connectivity index (χ3v) is 2.84. The number of amides is 1. The fraction of sp³-hybridized carbons (Fsp3) is 0.667. The Morgan fingerprint density at radius 1 is 1.65 bits per heavy atom. The van der Waals surface area contributed by atoms with Crippen molar-refractivity contribution in [2.24, 2.45) is 0 Å². The highest BCUT2D eigenvalue weighted by Crippen LogP contribution is 2.15. The zero-order chi connectivity index (χ0) is 12.3. The van der Waals surface area contributed by atoms with E-state index in [-0.39, 0.29) is 17.9 Å².